The van der Waals surface area contributed by atoms with Gasteiger partial charge in [-0.25, -0.2) is 8.78 Å². The lowest BCUT2D eigenvalue weighted by molar-refractivity contribution is 0.474. The molecule has 1 heterocycles. The van der Waals surface area contributed by atoms with Gasteiger partial charge in [0.25, 0.3) is 0 Å². The summed E-state index contributed by atoms with van der Waals surface area (Å²) in [6.45, 7) is 4.54. The number of hydrogen-bond acceptors (Lipinski definition) is 2. The first-order chi connectivity index (χ1) is 9.19. The molecular weight excluding hydrogens is 248 g/mol. The zero-order valence-electron chi connectivity index (χ0n) is 11.0. The Bertz CT molecular complexity index is 551. The monoisotopic (exact) mass is 265 g/mol. The van der Waals surface area contributed by atoms with Crippen LogP contribution < -0.4 is 5.32 Å². The largest absolute Gasteiger partial charge is 0.469 e. The molecule has 1 aromatic heterocycles. The van der Waals surface area contributed by atoms with Crippen LogP contribution in [0.4, 0.5) is 8.78 Å². The van der Waals surface area contributed by atoms with Crippen LogP contribution in [0.25, 0.3) is 0 Å². The molecule has 1 unspecified atom stereocenters. The van der Waals surface area contributed by atoms with Crippen molar-refractivity contribution in [2.45, 2.75) is 26.3 Å². The van der Waals surface area contributed by atoms with E-state index in [-0.39, 0.29) is 0 Å². The van der Waals surface area contributed by atoms with Crippen molar-refractivity contribution in [3.05, 3.63) is 59.1 Å². The predicted octanol–water partition coefficient (Wildman–Crippen LogP) is 3.82. The Morgan fingerprint density at radius 2 is 1.95 bits per heavy atom. The molecule has 1 aromatic carbocycles. The molecule has 0 fully saturated rings. The number of aryl methyl sites for hydroxylation is 1. The summed E-state index contributed by atoms with van der Waals surface area (Å²) >= 11 is 0. The second-order valence-corrected chi connectivity index (χ2v) is 4.29. The van der Waals surface area contributed by atoms with Crippen molar-refractivity contribution in [3.8, 4) is 0 Å². The quantitative estimate of drug-likeness (QED) is 0.889. The lowest BCUT2D eigenvalue weighted by Crippen LogP contribution is -2.23. The van der Waals surface area contributed by atoms with Gasteiger partial charge >= 0.3 is 0 Å². The standard InChI is InChI=1S/C15H17F2NO/c1-3-13-10(8-9-19-13)15(18-4-2)11-6-5-7-12(16)14(11)17/h5-9,15,18H,3-4H2,1-2H3. The third kappa shape index (κ3) is 2.68. The molecular formula is C15H17F2NO. The Balaban J connectivity index is 2.48. The minimum Gasteiger partial charge on any atom is -0.469 e. The summed E-state index contributed by atoms with van der Waals surface area (Å²) < 4.78 is 32.7. The maximum atomic E-state index is 14.0. The molecule has 0 bridgehead atoms. The van der Waals surface area contributed by atoms with Gasteiger partial charge in [-0.3, -0.25) is 0 Å². The molecule has 2 rings (SSSR count). The number of furan rings is 1. The second kappa shape index (κ2) is 5.97. The summed E-state index contributed by atoms with van der Waals surface area (Å²) in [6.07, 6.45) is 2.29. The molecule has 102 valence electrons. The van der Waals surface area contributed by atoms with Gasteiger partial charge in [-0.1, -0.05) is 26.0 Å². The van der Waals surface area contributed by atoms with E-state index in [9.17, 15) is 8.78 Å². The van der Waals surface area contributed by atoms with Gasteiger partial charge < -0.3 is 9.73 Å². The van der Waals surface area contributed by atoms with Gasteiger partial charge in [0, 0.05) is 17.5 Å². The number of rotatable bonds is 5. The Morgan fingerprint density at radius 3 is 2.63 bits per heavy atom. The van der Waals surface area contributed by atoms with Crippen LogP contribution in [0.1, 0.15) is 36.8 Å². The third-order valence-electron chi connectivity index (χ3n) is 3.11. The lowest BCUT2D eigenvalue weighted by Gasteiger charge is -2.19. The van der Waals surface area contributed by atoms with Gasteiger partial charge in [-0.2, -0.15) is 0 Å². The number of benzene rings is 1. The molecule has 19 heavy (non-hydrogen) atoms. The molecule has 0 spiro atoms. The molecule has 0 saturated carbocycles. The van der Waals surface area contributed by atoms with Crippen LogP contribution in [0.5, 0.6) is 0 Å². The van der Waals surface area contributed by atoms with E-state index in [0.29, 0.717) is 18.5 Å². The summed E-state index contributed by atoms with van der Waals surface area (Å²) in [5.74, 6) is -0.853. The molecule has 2 aromatic rings. The van der Waals surface area contributed by atoms with Crippen molar-refractivity contribution < 1.29 is 13.2 Å². The van der Waals surface area contributed by atoms with Crippen LogP contribution in [0, 0.1) is 11.6 Å². The highest BCUT2D eigenvalue weighted by molar-refractivity contribution is 5.34. The van der Waals surface area contributed by atoms with Crippen LogP contribution in [0.3, 0.4) is 0 Å². The smallest absolute Gasteiger partial charge is 0.163 e. The summed E-state index contributed by atoms with van der Waals surface area (Å²) in [5, 5.41) is 3.18. The lowest BCUT2D eigenvalue weighted by atomic mass is 9.97. The zero-order chi connectivity index (χ0) is 13.8. The van der Waals surface area contributed by atoms with Gasteiger partial charge in [-0.15, -0.1) is 0 Å². The van der Waals surface area contributed by atoms with Gasteiger partial charge in [0.2, 0.25) is 0 Å². The average molecular weight is 265 g/mol. The van der Waals surface area contributed by atoms with Crippen molar-refractivity contribution in [2.24, 2.45) is 0 Å². The average Bonchev–Trinajstić information content (AvgIpc) is 2.88. The van der Waals surface area contributed by atoms with Crippen molar-refractivity contribution >= 4 is 0 Å². The Morgan fingerprint density at radius 1 is 1.16 bits per heavy atom. The van der Waals surface area contributed by atoms with E-state index >= 15 is 0 Å². The van der Waals surface area contributed by atoms with E-state index < -0.39 is 17.7 Å². The molecule has 0 aliphatic heterocycles. The minimum atomic E-state index is -0.832. The fraction of sp³-hybridized carbons (Fsp3) is 0.333. The first kappa shape index (κ1) is 13.7. The highest BCUT2D eigenvalue weighted by atomic mass is 19.2. The number of nitrogens with one attached hydrogen (secondary N) is 1. The second-order valence-electron chi connectivity index (χ2n) is 4.29. The van der Waals surface area contributed by atoms with Crippen LogP contribution >= 0.6 is 0 Å². The summed E-state index contributed by atoms with van der Waals surface area (Å²) in [5.41, 5.74) is 1.16. The molecule has 4 heteroatoms. The van der Waals surface area contributed by atoms with Crippen molar-refractivity contribution in [3.63, 3.8) is 0 Å². The van der Waals surface area contributed by atoms with Gasteiger partial charge in [0.05, 0.1) is 12.3 Å². The van der Waals surface area contributed by atoms with Crippen molar-refractivity contribution in [1.82, 2.24) is 5.32 Å². The zero-order valence-corrected chi connectivity index (χ0v) is 11.0. The van der Waals surface area contributed by atoms with Gasteiger partial charge in [0.15, 0.2) is 11.6 Å². The van der Waals surface area contributed by atoms with Gasteiger partial charge in [-0.05, 0) is 18.7 Å². The van der Waals surface area contributed by atoms with E-state index in [1.165, 1.54) is 6.07 Å². The maximum absolute atomic E-state index is 14.0. The highest BCUT2D eigenvalue weighted by Crippen LogP contribution is 2.29. The molecule has 1 atom stereocenters. The molecule has 0 aliphatic rings. The van der Waals surface area contributed by atoms with Crippen molar-refractivity contribution in [2.75, 3.05) is 6.54 Å². The van der Waals surface area contributed by atoms with E-state index in [2.05, 4.69) is 5.32 Å². The van der Waals surface area contributed by atoms with E-state index in [0.717, 1.165) is 17.4 Å². The Hall–Kier alpha value is -1.68. The third-order valence-corrected chi connectivity index (χ3v) is 3.11. The molecule has 0 aliphatic carbocycles. The summed E-state index contributed by atoms with van der Waals surface area (Å²) in [4.78, 5) is 0. The number of halogens is 2. The maximum Gasteiger partial charge on any atom is 0.163 e. The van der Waals surface area contributed by atoms with E-state index in [4.69, 9.17) is 4.42 Å². The molecule has 0 radical (unpaired) electrons. The topological polar surface area (TPSA) is 25.2 Å². The van der Waals surface area contributed by atoms with Crippen molar-refractivity contribution in [1.29, 1.82) is 0 Å². The summed E-state index contributed by atoms with van der Waals surface area (Å²) in [6, 6.07) is 5.64. The van der Waals surface area contributed by atoms with Crippen LogP contribution in [-0.4, -0.2) is 6.54 Å². The summed E-state index contributed by atoms with van der Waals surface area (Å²) in [7, 11) is 0. The first-order valence-electron chi connectivity index (χ1n) is 6.42. The normalized spacial score (nSPS) is 12.6. The first-order valence-corrected chi connectivity index (χ1v) is 6.42. The fourth-order valence-electron chi connectivity index (χ4n) is 2.23. The molecule has 0 saturated heterocycles. The predicted molar refractivity (Wildman–Crippen MR) is 70.0 cm³/mol. The molecule has 1 N–H and O–H groups in total. The van der Waals surface area contributed by atoms with E-state index in [1.54, 1.807) is 18.4 Å². The fourth-order valence-corrected chi connectivity index (χ4v) is 2.23. The van der Waals surface area contributed by atoms with Crippen LogP contribution in [0.15, 0.2) is 34.9 Å². The van der Waals surface area contributed by atoms with Crippen LogP contribution in [0.2, 0.25) is 0 Å². The van der Waals surface area contributed by atoms with E-state index in [1.807, 2.05) is 13.8 Å². The molecule has 0 amide bonds. The minimum absolute atomic E-state index is 0.304. The van der Waals surface area contributed by atoms with Crippen LogP contribution in [-0.2, 0) is 6.42 Å². The highest BCUT2D eigenvalue weighted by Gasteiger charge is 2.22. The molecule has 2 nitrogen and oxygen atoms in total. The SMILES string of the molecule is CCNC(c1ccoc1CC)c1cccc(F)c1F. The Labute approximate surface area is 111 Å². The number of hydrogen-bond donors (Lipinski definition) is 1. The Kier molecular flexibility index (Phi) is 4.32. The van der Waals surface area contributed by atoms with Gasteiger partial charge in [0.1, 0.15) is 5.76 Å².